The molecule has 0 aliphatic carbocycles. The molecular weight excluding hydrogens is 293 g/mol. The molecule has 1 N–H and O–H groups in total. The standard InChI is InChI=1S/C16H21Cl2NO/c1-11(13-3-2-6-19-10-13)7-15(20)8-12-4-5-14(17)9-16(12)18/h4-5,9,11,13,19H,2-3,6-8,10H2,1H3. The minimum atomic E-state index is 0.257. The van der Waals surface area contributed by atoms with E-state index in [2.05, 4.69) is 12.2 Å². The number of Topliss-reactive ketones (excluding diaryl/α,β-unsaturated/α-hetero) is 1. The van der Waals surface area contributed by atoms with Crippen molar-refractivity contribution in [3.05, 3.63) is 33.8 Å². The van der Waals surface area contributed by atoms with E-state index < -0.39 is 0 Å². The number of benzene rings is 1. The van der Waals surface area contributed by atoms with Crippen molar-refractivity contribution in [1.29, 1.82) is 0 Å². The molecule has 1 aliphatic heterocycles. The van der Waals surface area contributed by atoms with Crippen LogP contribution >= 0.6 is 23.2 Å². The number of carbonyl (C=O) groups is 1. The third kappa shape index (κ3) is 4.47. The minimum Gasteiger partial charge on any atom is -0.316 e. The summed E-state index contributed by atoms with van der Waals surface area (Å²) in [4.78, 5) is 12.2. The van der Waals surface area contributed by atoms with Crippen LogP contribution in [0.25, 0.3) is 0 Å². The maximum absolute atomic E-state index is 12.2. The molecule has 2 nitrogen and oxygen atoms in total. The number of hydrogen-bond donors (Lipinski definition) is 1. The van der Waals surface area contributed by atoms with Crippen molar-refractivity contribution < 1.29 is 4.79 Å². The summed E-state index contributed by atoms with van der Waals surface area (Å²) < 4.78 is 0. The van der Waals surface area contributed by atoms with E-state index in [9.17, 15) is 4.79 Å². The molecule has 0 amide bonds. The summed E-state index contributed by atoms with van der Waals surface area (Å²) in [5, 5.41) is 4.59. The van der Waals surface area contributed by atoms with Gasteiger partial charge in [-0.2, -0.15) is 0 Å². The van der Waals surface area contributed by atoms with Gasteiger partial charge in [0.1, 0.15) is 5.78 Å². The maximum atomic E-state index is 12.2. The second-order valence-electron chi connectivity index (χ2n) is 5.74. The minimum absolute atomic E-state index is 0.257. The average Bonchev–Trinajstić information content (AvgIpc) is 2.43. The molecule has 2 unspecified atom stereocenters. The predicted octanol–water partition coefficient (Wildman–Crippen LogP) is 4.13. The van der Waals surface area contributed by atoms with Crippen LogP contribution in [0.15, 0.2) is 18.2 Å². The number of rotatable bonds is 5. The van der Waals surface area contributed by atoms with Crippen molar-refractivity contribution in [1.82, 2.24) is 5.32 Å². The summed E-state index contributed by atoms with van der Waals surface area (Å²) in [6.45, 7) is 4.33. The number of halogens is 2. The van der Waals surface area contributed by atoms with Gasteiger partial charge in [0.15, 0.2) is 0 Å². The van der Waals surface area contributed by atoms with Gasteiger partial charge in [-0.05, 0) is 55.5 Å². The number of nitrogens with one attached hydrogen (secondary N) is 1. The Balaban J connectivity index is 1.88. The monoisotopic (exact) mass is 313 g/mol. The SMILES string of the molecule is CC(CC(=O)Cc1ccc(Cl)cc1Cl)C1CCCNC1. The smallest absolute Gasteiger partial charge is 0.137 e. The van der Waals surface area contributed by atoms with Crippen LogP contribution < -0.4 is 5.32 Å². The lowest BCUT2D eigenvalue weighted by Gasteiger charge is -2.28. The highest BCUT2D eigenvalue weighted by atomic mass is 35.5. The lowest BCUT2D eigenvalue weighted by atomic mass is 9.83. The Hall–Kier alpha value is -0.570. The molecule has 110 valence electrons. The third-order valence-electron chi connectivity index (χ3n) is 4.09. The molecule has 4 heteroatoms. The Kier molecular flexibility index (Phi) is 5.88. The molecule has 20 heavy (non-hydrogen) atoms. The summed E-state index contributed by atoms with van der Waals surface area (Å²) >= 11 is 12.0. The molecule has 0 spiro atoms. The van der Waals surface area contributed by atoms with Crippen molar-refractivity contribution in [3.8, 4) is 0 Å². The van der Waals surface area contributed by atoms with Gasteiger partial charge in [0.2, 0.25) is 0 Å². The van der Waals surface area contributed by atoms with Gasteiger partial charge in [-0.3, -0.25) is 4.79 Å². The quantitative estimate of drug-likeness (QED) is 0.885. The molecular formula is C16H21Cl2NO. The highest BCUT2D eigenvalue weighted by molar-refractivity contribution is 6.35. The Morgan fingerprint density at radius 1 is 1.45 bits per heavy atom. The van der Waals surface area contributed by atoms with Crippen LogP contribution in [0.4, 0.5) is 0 Å². The van der Waals surface area contributed by atoms with Crippen molar-refractivity contribution in [3.63, 3.8) is 0 Å². The fourth-order valence-electron chi connectivity index (χ4n) is 2.84. The number of ketones is 1. The van der Waals surface area contributed by atoms with Crippen molar-refractivity contribution in [2.75, 3.05) is 13.1 Å². The van der Waals surface area contributed by atoms with Crippen LogP contribution in [0.3, 0.4) is 0 Å². The lowest BCUT2D eigenvalue weighted by Crippen LogP contribution is -2.34. The van der Waals surface area contributed by atoms with E-state index in [0.29, 0.717) is 34.7 Å². The summed E-state index contributed by atoms with van der Waals surface area (Å²) in [6.07, 6.45) is 3.47. The molecule has 2 atom stereocenters. The highest BCUT2D eigenvalue weighted by Gasteiger charge is 2.22. The lowest BCUT2D eigenvalue weighted by molar-refractivity contribution is -0.119. The zero-order valence-corrected chi connectivity index (χ0v) is 13.3. The van der Waals surface area contributed by atoms with E-state index in [0.717, 1.165) is 18.7 Å². The van der Waals surface area contributed by atoms with Crippen LogP contribution in [0, 0.1) is 11.8 Å². The Bertz CT molecular complexity index is 470. The summed E-state index contributed by atoms with van der Waals surface area (Å²) in [5.41, 5.74) is 0.870. The molecule has 1 heterocycles. The van der Waals surface area contributed by atoms with Gasteiger partial charge in [-0.1, -0.05) is 36.2 Å². The predicted molar refractivity (Wildman–Crippen MR) is 84.5 cm³/mol. The molecule has 1 saturated heterocycles. The van der Waals surface area contributed by atoms with Crippen molar-refractivity contribution in [2.24, 2.45) is 11.8 Å². The topological polar surface area (TPSA) is 29.1 Å². The summed E-state index contributed by atoms with van der Waals surface area (Å²) in [5.74, 6) is 1.31. The van der Waals surface area contributed by atoms with Gasteiger partial charge in [-0.15, -0.1) is 0 Å². The fraction of sp³-hybridized carbons (Fsp3) is 0.562. The van der Waals surface area contributed by atoms with E-state index in [4.69, 9.17) is 23.2 Å². The zero-order valence-electron chi connectivity index (χ0n) is 11.8. The molecule has 1 aromatic carbocycles. The van der Waals surface area contributed by atoms with Gasteiger partial charge in [0, 0.05) is 22.9 Å². The summed E-state index contributed by atoms with van der Waals surface area (Å²) in [7, 11) is 0. The normalized spacial score (nSPS) is 20.6. The zero-order chi connectivity index (χ0) is 14.5. The molecule has 0 radical (unpaired) electrons. The molecule has 1 aliphatic rings. The second kappa shape index (κ2) is 7.44. The first kappa shape index (κ1) is 15.8. The van der Waals surface area contributed by atoms with Crippen molar-refractivity contribution >= 4 is 29.0 Å². The molecule has 1 aromatic rings. The average molecular weight is 314 g/mol. The summed E-state index contributed by atoms with van der Waals surface area (Å²) in [6, 6.07) is 5.32. The van der Waals surface area contributed by atoms with Crippen LogP contribution in [0.2, 0.25) is 10.0 Å². The van der Waals surface area contributed by atoms with Gasteiger partial charge < -0.3 is 5.32 Å². The van der Waals surface area contributed by atoms with E-state index in [-0.39, 0.29) is 5.78 Å². The van der Waals surface area contributed by atoms with Crippen LogP contribution in [0.1, 0.15) is 31.7 Å². The maximum Gasteiger partial charge on any atom is 0.137 e. The number of hydrogen-bond acceptors (Lipinski definition) is 2. The van der Waals surface area contributed by atoms with Gasteiger partial charge in [0.05, 0.1) is 0 Å². The highest BCUT2D eigenvalue weighted by Crippen LogP contribution is 2.25. The Labute approximate surface area is 130 Å². The van der Waals surface area contributed by atoms with Crippen LogP contribution in [-0.2, 0) is 11.2 Å². The van der Waals surface area contributed by atoms with E-state index in [1.165, 1.54) is 12.8 Å². The van der Waals surface area contributed by atoms with Gasteiger partial charge in [0.25, 0.3) is 0 Å². The first-order valence-corrected chi connectivity index (χ1v) is 7.98. The molecule has 1 fully saturated rings. The first-order valence-electron chi connectivity index (χ1n) is 7.22. The molecule has 0 aromatic heterocycles. The molecule has 0 bridgehead atoms. The molecule has 0 saturated carbocycles. The first-order chi connectivity index (χ1) is 9.56. The third-order valence-corrected chi connectivity index (χ3v) is 4.68. The number of piperidine rings is 1. The van der Waals surface area contributed by atoms with Crippen LogP contribution in [-0.4, -0.2) is 18.9 Å². The second-order valence-corrected chi connectivity index (χ2v) is 6.58. The molecule has 2 rings (SSSR count). The fourth-order valence-corrected chi connectivity index (χ4v) is 3.32. The van der Waals surface area contributed by atoms with E-state index >= 15 is 0 Å². The van der Waals surface area contributed by atoms with Crippen molar-refractivity contribution in [2.45, 2.75) is 32.6 Å². The Morgan fingerprint density at radius 3 is 2.90 bits per heavy atom. The largest absolute Gasteiger partial charge is 0.316 e. The Morgan fingerprint density at radius 2 is 2.25 bits per heavy atom. The number of carbonyl (C=O) groups excluding carboxylic acids is 1. The van der Waals surface area contributed by atoms with Crippen LogP contribution in [0.5, 0.6) is 0 Å². The van der Waals surface area contributed by atoms with Gasteiger partial charge >= 0.3 is 0 Å². The van der Waals surface area contributed by atoms with Gasteiger partial charge in [-0.25, -0.2) is 0 Å². The van der Waals surface area contributed by atoms with E-state index in [1.54, 1.807) is 12.1 Å². The van der Waals surface area contributed by atoms with E-state index in [1.807, 2.05) is 6.07 Å².